The van der Waals surface area contributed by atoms with E-state index in [4.69, 9.17) is 22.3 Å². The van der Waals surface area contributed by atoms with Gasteiger partial charge >= 0.3 is 10.4 Å². The number of hydrogen-bond acceptors (Lipinski definition) is 3. The van der Waals surface area contributed by atoms with Crippen molar-refractivity contribution in [1.29, 1.82) is 0 Å². The van der Waals surface area contributed by atoms with Gasteiger partial charge in [-0.1, -0.05) is 127 Å². The van der Waals surface area contributed by atoms with Crippen LogP contribution in [0.1, 0.15) is 16.7 Å². The van der Waals surface area contributed by atoms with Gasteiger partial charge in [0, 0.05) is 0 Å². The standard InChI is InChI=1S/C20H16.C12H10O.H2O4S/c1-4-10-17(11-5-1)16-20(18-12-6-2-7-13-18)19-14-8-3-9-15-19;1-3-7-11(8-4-1)13-12-9-5-2-6-10-12;1-5(2,3)4/h1-16H;1-10H;(H2,1,2,3,4). The molecule has 38 heavy (non-hydrogen) atoms. The second kappa shape index (κ2) is 14.9. The third kappa shape index (κ3) is 11.1. The van der Waals surface area contributed by atoms with E-state index in [0.29, 0.717) is 0 Å². The zero-order valence-corrected chi connectivity index (χ0v) is 21.4. The van der Waals surface area contributed by atoms with Crippen LogP contribution in [0.3, 0.4) is 0 Å². The summed E-state index contributed by atoms with van der Waals surface area (Å²) in [4.78, 5) is 0. The lowest BCUT2D eigenvalue weighted by Gasteiger charge is -2.08. The van der Waals surface area contributed by atoms with Crippen LogP contribution < -0.4 is 4.74 Å². The highest BCUT2D eigenvalue weighted by Crippen LogP contribution is 2.25. The van der Waals surface area contributed by atoms with E-state index < -0.39 is 10.4 Å². The van der Waals surface area contributed by atoms with Gasteiger partial charge < -0.3 is 4.74 Å². The zero-order valence-electron chi connectivity index (χ0n) is 20.5. The molecule has 5 aromatic carbocycles. The van der Waals surface area contributed by atoms with Gasteiger partial charge in [0.25, 0.3) is 0 Å². The largest absolute Gasteiger partial charge is 0.457 e. The van der Waals surface area contributed by atoms with Crippen molar-refractivity contribution in [1.82, 2.24) is 0 Å². The van der Waals surface area contributed by atoms with Gasteiger partial charge in [-0.15, -0.1) is 0 Å². The Kier molecular flexibility index (Phi) is 11.0. The molecule has 5 rings (SSSR count). The van der Waals surface area contributed by atoms with Crippen LogP contribution in [0.25, 0.3) is 11.6 Å². The lowest BCUT2D eigenvalue weighted by atomic mass is 9.96. The number of benzene rings is 5. The SMILES string of the molecule is C(=C(c1ccccc1)c1ccccc1)c1ccccc1.O=S(=O)(O)O.c1ccc(Oc2ccccc2)cc1. The molecule has 0 aromatic heterocycles. The second-order valence-corrected chi connectivity index (χ2v) is 8.77. The summed E-state index contributed by atoms with van der Waals surface area (Å²) in [7, 11) is -4.67. The van der Waals surface area contributed by atoms with Gasteiger partial charge in [-0.3, -0.25) is 9.11 Å². The van der Waals surface area contributed by atoms with Crippen molar-refractivity contribution in [3.8, 4) is 11.5 Å². The molecule has 0 amide bonds. The summed E-state index contributed by atoms with van der Waals surface area (Å²) in [6.45, 7) is 0. The van der Waals surface area contributed by atoms with Crippen LogP contribution in [0, 0.1) is 0 Å². The van der Waals surface area contributed by atoms with Crippen LogP contribution in [-0.2, 0) is 10.4 Å². The molecule has 5 nitrogen and oxygen atoms in total. The van der Waals surface area contributed by atoms with Crippen LogP contribution in [0.2, 0.25) is 0 Å². The Morgan fingerprint density at radius 1 is 0.500 bits per heavy atom. The summed E-state index contributed by atoms with van der Waals surface area (Å²) >= 11 is 0. The third-order valence-corrected chi connectivity index (χ3v) is 5.00. The van der Waals surface area contributed by atoms with E-state index in [1.54, 1.807) is 0 Å². The topological polar surface area (TPSA) is 83.8 Å². The van der Waals surface area contributed by atoms with Crippen LogP contribution in [0.4, 0.5) is 0 Å². The first-order valence-electron chi connectivity index (χ1n) is 11.7. The quantitative estimate of drug-likeness (QED) is 0.179. The highest BCUT2D eigenvalue weighted by atomic mass is 32.3. The lowest BCUT2D eigenvalue weighted by Crippen LogP contribution is -1.89. The van der Waals surface area contributed by atoms with Crippen LogP contribution >= 0.6 is 0 Å². The first kappa shape index (κ1) is 28.1. The molecule has 0 unspecified atom stereocenters. The maximum atomic E-state index is 8.74. The Morgan fingerprint density at radius 2 is 0.789 bits per heavy atom. The van der Waals surface area contributed by atoms with Gasteiger partial charge in [0.2, 0.25) is 0 Å². The summed E-state index contributed by atoms with van der Waals surface area (Å²) in [6, 6.07) is 51.0. The van der Waals surface area contributed by atoms with Crippen molar-refractivity contribution in [2.75, 3.05) is 0 Å². The van der Waals surface area contributed by atoms with Crippen molar-refractivity contribution >= 4 is 22.0 Å². The molecule has 0 saturated heterocycles. The minimum absolute atomic E-state index is 0.869. The Morgan fingerprint density at radius 3 is 1.13 bits per heavy atom. The van der Waals surface area contributed by atoms with E-state index in [9.17, 15) is 0 Å². The number of hydrogen-bond donors (Lipinski definition) is 2. The molecule has 0 aliphatic rings. The van der Waals surface area contributed by atoms with Crippen molar-refractivity contribution in [3.05, 3.63) is 168 Å². The van der Waals surface area contributed by atoms with Gasteiger partial charge in [-0.25, -0.2) is 0 Å². The van der Waals surface area contributed by atoms with Crippen molar-refractivity contribution < 1.29 is 22.3 Å². The molecule has 6 heteroatoms. The Hall–Kier alpha value is -4.49. The molecule has 0 atom stereocenters. The van der Waals surface area contributed by atoms with Gasteiger partial charge in [0.15, 0.2) is 0 Å². The molecule has 0 aliphatic carbocycles. The summed E-state index contributed by atoms with van der Waals surface area (Å²) < 4.78 is 37.2. The average molecular weight is 525 g/mol. The molecule has 0 spiro atoms. The molecule has 0 aliphatic heterocycles. The van der Waals surface area contributed by atoms with Crippen LogP contribution in [0.15, 0.2) is 152 Å². The van der Waals surface area contributed by atoms with E-state index in [2.05, 4.69) is 91.0 Å². The highest BCUT2D eigenvalue weighted by molar-refractivity contribution is 7.79. The molecule has 192 valence electrons. The summed E-state index contributed by atoms with van der Waals surface area (Å²) in [6.07, 6.45) is 2.24. The predicted octanol–water partition coefficient (Wildman–Crippen LogP) is 8.10. The molecule has 0 radical (unpaired) electrons. The maximum Gasteiger partial charge on any atom is 0.394 e. The summed E-state index contributed by atoms with van der Waals surface area (Å²) in [5.41, 5.74) is 4.94. The smallest absolute Gasteiger partial charge is 0.394 e. The Labute approximate surface area is 223 Å². The van der Waals surface area contributed by atoms with Crippen LogP contribution in [-0.4, -0.2) is 17.5 Å². The Balaban J connectivity index is 0.000000190. The molecular formula is C32H28O5S. The molecule has 0 saturated carbocycles. The van der Waals surface area contributed by atoms with Gasteiger partial charge in [-0.05, 0) is 52.6 Å². The van der Waals surface area contributed by atoms with E-state index in [1.165, 1.54) is 22.3 Å². The van der Waals surface area contributed by atoms with E-state index >= 15 is 0 Å². The minimum atomic E-state index is -4.67. The normalized spacial score (nSPS) is 10.1. The van der Waals surface area contributed by atoms with Crippen molar-refractivity contribution in [2.45, 2.75) is 0 Å². The molecule has 5 aromatic rings. The molecule has 0 bridgehead atoms. The molecule has 0 fully saturated rings. The van der Waals surface area contributed by atoms with E-state index in [1.807, 2.05) is 66.7 Å². The van der Waals surface area contributed by atoms with E-state index in [0.717, 1.165) is 11.5 Å². The van der Waals surface area contributed by atoms with E-state index in [-0.39, 0.29) is 0 Å². The number of ether oxygens (including phenoxy) is 1. The maximum absolute atomic E-state index is 8.74. The molecule has 2 N–H and O–H groups in total. The first-order chi connectivity index (χ1) is 18.4. The fraction of sp³-hybridized carbons (Fsp3) is 0. The number of para-hydroxylation sites is 2. The van der Waals surface area contributed by atoms with Gasteiger partial charge in [-0.2, -0.15) is 8.42 Å². The second-order valence-electron chi connectivity index (χ2n) is 7.88. The first-order valence-corrected chi connectivity index (χ1v) is 13.1. The fourth-order valence-electron chi connectivity index (χ4n) is 3.40. The summed E-state index contributed by atoms with van der Waals surface area (Å²) in [5.74, 6) is 1.74. The van der Waals surface area contributed by atoms with Gasteiger partial charge in [0.1, 0.15) is 11.5 Å². The minimum Gasteiger partial charge on any atom is -0.457 e. The average Bonchev–Trinajstić information content (AvgIpc) is 2.94. The van der Waals surface area contributed by atoms with Crippen molar-refractivity contribution in [2.24, 2.45) is 0 Å². The van der Waals surface area contributed by atoms with Crippen molar-refractivity contribution in [3.63, 3.8) is 0 Å². The van der Waals surface area contributed by atoms with Gasteiger partial charge in [0.05, 0.1) is 0 Å². The molecule has 0 heterocycles. The third-order valence-electron chi connectivity index (χ3n) is 5.00. The number of rotatable bonds is 5. The fourth-order valence-corrected chi connectivity index (χ4v) is 3.40. The van der Waals surface area contributed by atoms with Crippen LogP contribution in [0.5, 0.6) is 11.5 Å². The Bertz CT molecular complexity index is 1390. The molecular weight excluding hydrogens is 496 g/mol. The predicted molar refractivity (Wildman–Crippen MR) is 153 cm³/mol. The highest BCUT2D eigenvalue weighted by Gasteiger charge is 2.04. The lowest BCUT2D eigenvalue weighted by molar-refractivity contribution is 0.381. The summed E-state index contributed by atoms with van der Waals surface area (Å²) in [5, 5.41) is 0. The monoisotopic (exact) mass is 524 g/mol. The zero-order chi connectivity index (χ0) is 27.1.